The van der Waals surface area contributed by atoms with Gasteiger partial charge in [0.1, 0.15) is 0 Å². The van der Waals surface area contributed by atoms with Crippen molar-refractivity contribution in [2.75, 3.05) is 26.2 Å². The molecule has 7 nitrogen and oxygen atoms in total. The first-order chi connectivity index (χ1) is 14.2. The van der Waals surface area contributed by atoms with Crippen LogP contribution in [0.1, 0.15) is 17.0 Å². The maximum Gasteiger partial charge on any atom is 0.246 e. The summed E-state index contributed by atoms with van der Waals surface area (Å²) in [6.07, 6.45) is 3.24. The number of hydrogen-bond donors (Lipinski definition) is 0. The van der Waals surface area contributed by atoms with Crippen LogP contribution < -0.4 is 0 Å². The fourth-order valence-electron chi connectivity index (χ4n) is 3.15. The smallest absolute Gasteiger partial charge is 0.246 e. The molecule has 8 heteroatoms. The van der Waals surface area contributed by atoms with Crippen LogP contribution in [-0.4, -0.2) is 52.0 Å². The summed E-state index contributed by atoms with van der Waals surface area (Å²) >= 11 is 1.58. The van der Waals surface area contributed by atoms with E-state index in [1.807, 2.05) is 40.6 Å². The van der Waals surface area contributed by atoms with Gasteiger partial charge in [-0.3, -0.25) is 9.69 Å². The Hall–Kier alpha value is -3.28. The second-order valence-corrected chi connectivity index (χ2v) is 7.57. The van der Waals surface area contributed by atoms with Gasteiger partial charge in [0.15, 0.2) is 0 Å². The third kappa shape index (κ3) is 4.59. The summed E-state index contributed by atoms with van der Waals surface area (Å²) in [5, 5.41) is 15.2. The molecule has 0 spiro atoms. The molecule has 0 aliphatic carbocycles. The van der Waals surface area contributed by atoms with Gasteiger partial charge in [-0.2, -0.15) is 10.2 Å². The van der Waals surface area contributed by atoms with Gasteiger partial charge in [-0.15, -0.1) is 11.3 Å². The zero-order valence-corrected chi connectivity index (χ0v) is 16.5. The highest BCUT2D eigenvalue weighted by Crippen LogP contribution is 2.21. The lowest BCUT2D eigenvalue weighted by Gasteiger charge is -2.33. The first kappa shape index (κ1) is 19.1. The molecular formula is C21H19N5O2S. The fraction of sp³-hybridized carbons (Fsp3) is 0.238. The van der Waals surface area contributed by atoms with Crippen LogP contribution >= 0.6 is 11.3 Å². The molecule has 0 radical (unpaired) electrons. The first-order valence-corrected chi connectivity index (χ1v) is 10.2. The van der Waals surface area contributed by atoms with Crippen LogP contribution in [0.15, 0.2) is 52.4 Å². The highest BCUT2D eigenvalue weighted by Gasteiger charge is 2.21. The Balaban J connectivity index is 1.29. The number of nitrogens with zero attached hydrogens (tertiary/aromatic N) is 5. The average Bonchev–Trinajstić information content (AvgIpc) is 3.45. The Kier molecular flexibility index (Phi) is 5.79. The molecule has 2 aromatic heterocycles. The molecule has 1 aliphatic heterocycles. The number of rotatable bonds is 5. The summed E-state index contributed by atoms with van der Waals surface area (Å²) in [7, 11) is 0. The van der Waals surface area contributed by atoms with Gasteiger partial charge in [0.05, 0.1) is 23.1 Å². The quantitative estimate of drug-likeness (QED) is 0.607. The van der Waals surface area contributed by atoms with Gasteiger partial charge in [0.2, 0.25) is 17.6 Å². The fourth-order valence-corrected chi connectivity index (χ4v) is 3.80. The van der Waals surface area contributed by atoms with Gasteiger partial charge in [0.25, 0.3) is 0 Å². The van der Waals surface area contributed by atoms with Crippen LogP contribution in [0.4, 0.5) is 0 Å². The minimum Gasteiger partial charge on any atom is -0.338 e. The van der Waals surface area contributed by atoms with Crippen molar-refractivity contribution in [1.29, 1.82) is 5.26 Å². The van der Waals surface area contributed by atoms with Crippen molar-refractivity contribution in [1.82, 2.24) is 19.9 Å². The molecule has 3 aromatic rings. The number of hydrogen-bond acceptors (Lipinski definition) is 7. The van der Waals surface area contributed by atoms with Gasteiger partial charge in [-0.05, 0) is 29.2 Å². The van der Waals surface area contributed by atoms with E-state index in [-0.39, 0.29) is 5.91 Å². The lowest BCUT2D eigenvalue weighted by Crippen LogP contribution is -2.47. The zero-order chi connectivity index (χ0) is 20.1. The third-order valence-corrected chi connectivity index (χ3v) is 5.61. The standard InChI is InChI=1S/C21H19N5O2S/c22-14-17-5-2-1-4-16(17)7-8-20(27)26-11-9-25(10-12-26)15-19-23-21(24-28-19)18-6-3-13-29-18/h1-8,13H,9-12,15H2/b8-7+. The minimum atomic E-state index is -0.0461. The lowest BCUT2D eigenvalue weighted by molar-refractivity contribution is -0.127. The molecular weight excluding hydrogens is 386 g/mol. The van der Waals surface area contributed by atoms with E-state index < -0.39 is 0 Å². The van der Waals surface area contributed by atoms with Crippen LogP contribution in [0.25, 0.3) is 16.8 Å². The van der Waals surface area contributed by atoms with Crippen molar-refractivity contribution in [2.45, 2.75) is 6.54 Å². The highest BCUT2D eigenvalue weighted by atomic mass is 32.1. The Morgan fingerprint density at radius 1 is 1.21 bits per heavy atom. The molecule has 1 fully saturated rings. The second-order valence-electron chi connectivity index (χ2n) is 6.62. The molecule has 1 aliphatic rings. The number of benzene rings is 1. The van der Waals surface area contributed by atoms with E-state index in [9.17, 15) is 4.79 Å². The number of carbonyl (C=O) groups is 1. The van der Waals surface area contributed by atoms with E-state index >= 15 is 0 Å². The predicted octanol–water partition coefficient (Wildman–Crippen LogP) is 3.03. The maximum absolute atomic E-state index is 12.5. The summed E-state index contributed by atoms with van der Waals surface area (Å²) in [6.45, 7) is 3.33. The molecule has 0 atom stereocenters. The van der Waals surface area contributed by atoms with Crippen LogP contribution in [0, 0.1) is 11.3 Å². The van der Waals surface area contributed by atoms with E-state index in [1.165, 1.54) is 6.08 Å². The van der Waals surface area contributed by atoms with Crippen molar-refractivity contribution in [3.8, 4) is 16.8 Å². The van der Waals surface area contributed by atoms with Crippen LogP contribution in [0.2, 0.25) is 0 Å². The maximum atomic E-state index is 12.5. The van der Waals surface area contributed by atoms with Gasteiger partial charge in [-0.1, -0.05) is 29.4 Å². The van der Waals surface area contributed by atoms with E-state index in [1.54, 1.807) is 23.5 Å². The molecule has 0 saturated carbocycles. The molecule has 146 valence electrons. The SMILES string of the molecule is N#Cc1ccccc1/C=C/C(=O)N1CCN(Cc2nc(-c3cccs3)no2)CC1. The monoisotopic (exact) mass is 405 g/mol. The zero-order valence-electron chi connectivity index (χ0n) is 15.7. The summed E-state index contributed by atoms with van der Waals surface area (Å²) in [6, 6.07) is 13.3. The Morgan fingerprint density at radius 3 is 2.79 bits per heavy atom. The van der Waals surface area contributed by atoms with Gasteiger partial charge >= 0.3 is 0 Å². The lowest BCUT2D eigenvalue weighted by atomic mass is 10.1. The Morgan fingerprint density at radius 2 is 2.03 bits per heavy atom. The Bertz CT molecular complexity index is 1040. The molecule has 0 N–H and O–H groups in total. The van der Waals surface area contributed by atoms with Crippen molar-refractivity contribution in [3.05, 3.63) is 64.9 Å². The van der Waals surface area contributed by atoms with Gasteiger partial charge in [-0.25, -0.2) is 0 Å². The number of aromatic nitrogens is 2. The van der Waals surface area contributed by atoms with Gasteiger partial charge in [0, 0.05) is 32.3 Å². The minimum absolute atomic E-state index is 0.0461. The van der Waals surface area contributed by atoms with Crippen molar-refractivity contribution in [3.63, 3.8) is 0 Å². The summed E-state index contributed by atoms with van der Waals surface area (Å²) in [5.74, 6) is 1.16. The number of amides is 1. The van der Waals surface area contributed by atoms with Crippen molar-refractivity contribution >= 4 is 23.3 Å². The summed E-state index contributed by atoms with van der Waals surface area (Å²) < 4.78 is 5.36. The normalized spacial score (nSPS) is 14.9. The molecule has 1 aromatic carbocycles. The first-order valence-electron chi connectivity index (χ1n) is 9.28. The summed E-state index contributed by atoms with van der Waals surface area (Å²) in [4.78, 5) is 21.9. The number of thiophene rings is 1. The highest BCUT2D eigenvalue weighted by molar-refractivity contribution is 7.13. The van der Waals surface area contributed by atoms with E-state index in [4.69, 9.17) is 9.78 Å². The van der Waals surface area contributed by atoms with Crippen molar-refractivity contribution < 1.29 is 9.32 Å². The molecule has 4 rings (SSSR count). The topological polar surface area (TPSA) is 86.3 Å². The molecule has 3 heterocycles. The van der Waals surface area contributed by atoms with Crippen LogP contribution in [0.3, 0.4) is 0 Å². The molecule has 1 saturated heterocycles. The largest absolute Gasteiger partial charge is 0.338 e. The summed E-state index contributed by atoms with van der Waals surface area (Å²) in [5.41, 5.74) is 1.31. The van der Waals surface area contributed by atoms with E-state index in [0.717, 1.165) is 23.5 Å². The van der Waals surface area contributed by atoms with E-state index in [0.29, 0.717) is 36.9 Å². The molecule has 1 amide bonds. The van der Waals surface area contributed by atoms with Gasteiger partial charge < -0.3 is 9.42 Å². The molecule has 29 heavy (non-hydrogen) atoms. The average molecular weight is 405 g/mol. The molecule has 0 unspecified atom stereocenters. The third-order valence-electron chi connectivity index (χ3n) is 4.74. The predicted molar refractivity (Wildman–Crippen MR) is 110 cm³/mol. The van der Waals surface area contributed by atoms with Crippen LogP contribution in [0.5, 0.6) is 0 Å². The second kappa shape index (κ2) is 8.82. The number of piperazine rings is 1. The number of carbonyl (C=O) groups excluding carboxylic acids is 1. The van der Waals surface area contributed by atoms with Crippen LogP contribution in [-0.2, 0) is 11.3 Å². The molecule has 0 bridgehead atoms. The Labute approximate surface area is 172 Å². The number of nitriles is 1. The van der Waals surface area contributed by atoms with Crippen molar-refractivity contribution in [2.24, 2.45) is 0 Å². The van der Waals surface area contributed by atoms with E-state index in [2.05, 4.69) is 21.1 Å².